The molecule has 2 aliphatic rings. The molecule has 0 bridgehead atoms. The molecule has 8 aromatic carbocycles. The van der Waals surface area contributed by atoms with Crippen molar-refractivity contribution in [1.82, 2.24) is 35.5 Å². The van der Waals surface area contributed by atoms with E-state index in [9.17, 15) is 19.2 Å². The van der Waals surface area contributed by atoms with Crippen LogP contribution in [0.4, 0.5) is 5.69 Å². The van der Waals surface area contributed by atoms with Gasteiger partial charge in [-0.25, -0.2) is 19.2 Å². The highest BCUT2D eigenvalue weighted by atomic mass is 16.6. The minimum absolute atomic E-state index is 0.0641. The van der Waals surface area contributed by atoms with Gasteiger partial charge in [0.15, 0.2) is 23.9 Å². The number of benzene rings is 8. The third-order valence-electron chi connectivity index (χ3n) is 10.9. The van der Waals surface area contributed by atoms with Crippen molar-refractivity contribution in [3.05, 3.63) is 262 Å². The highest BCUT2D eigenvalue weighted by Gasteiger charge is 2.28. The van der Waals surface area contributed by atoms with Crippen LogP contribution >= 0.6 is 0 Å². The molecule has 15 rings (SSSR count). The predicted octanol–water partition coefficient (Wildman–Crippen LogP) is 18.4. The second-order valence-corrected chi connectivity index (χ2v) is 15.6. The van der Waals surface area contributed by atoms with Crippen molar-refractivity contribution in [2.24, 2.45) is 0 Å². The van der Waals surface area contributed by atoms with Gasteiger partial charge in [0, 0.05) is 39.1 Å². The van der Waals surface area contributed by atoms with E-state index in [0.29, 0.717) is 40.2 Å². The average molecular weight is 1180 g/mol. The summed E-state index contributed by atoms with van der Waals surface area (Å²) in [6, 6.07) is 63.0. The van der Waals surface area contributed by atoms with Crippen LogP contribution in [0.3, 0.4) is 0 Å². The molecule has 1 aliphatic heterocycles. The molecule has 13 aromatic rings. The second-order valence-electron chi connectivity index (χ2n) is 15.6. The number of nitrogens with zero attached hydrogens (tertiary/aromatic N) is 4. The molecule has 16 nitrogen and oxygen atoms in total. The Morgan fingerprint density at radius 1 is 0.402 bits per heavy atom. The number of ketones is 2. The number of rotatable bonds is 0. The Bertz CT molecular complexity index is 3650. The number of imidazole rings is 1. The quantitative estimate of drug-likeness (QED) is 0.104. The number of fused-ring (bicyclic) bond motifs is 8. The Labute approximate surface area is 510 Å². The summed E-state index contributed by atoms with van der Waals surface area (Å²) in [5.41, 5.74) is 9.62. The molecule has 456 valence electrons. The number of hydrogen-bond donors (Lipinski definition) is 4. The van der Waals surface area contributed by atoms with Gasteiger partial charge in [0.05, 0.1) is 40.3 Å². The molecule has 1 aliphatic carbocycles. The summed E-state index contributed by atoms with van der Waals surface area (Å²) in [7, 11) is 0. The average Bonchev–Trinajstić information content (AvgIpc) is 2.05. The summed E-state index contributed by atoms with van der Waals surface area (Å²) in [6.07, 6.45) is 3.51. The molecule has 0 spiro atoms. The highest BCUT2D eigenvalue weighted by molar-refractivity contribution is 6.28. The zero-order chi connectivity index (χ0) is 64.2. The van der Waals surface area contributed by atoms with Gasteiger partial charge in [-0.1, -0.05) is 230 Å². The minimum atomic E-state index is -0.402. The zero-order valence-corrected chi connectivity index (χ0v) is 52.5. The van der Waals surface area contributed by atoms with Crippen LogP contribution in [0, 0.1) is 0 Å². The number of ether oxygens (including phenoxy) is 1. The second kappa shape index (κ2) is 43.2. The predicted molar refractivity (Wildman–Crippen MR) is 358 cm³/mol. The third-order valence-corrected chi connectivity index (χ3v) is 10.9. The summed E-state index contributed by atoms with van der Waals surface area (Å²) in [4.78, 5) is 55.1. The number of nitrogens with one attached hydrogen (secondary N) is 4. The Hall–Kier alpha value is -10.5. The maximum atomic E-state index is 12.1. The highest BCUT2D eigenvalue weighted by Crippen LogP contribution is 2.28. The number of anilines is 1. The van der Waals surface area contributed by atoms with Crippen molar-refractivity contribution in [1.29, 1.82) is 0 Å². The van der Waals surface area contributed by atoms with Gasteiger partial charge >= 0.3 is 11.4 Å². The van der Waals surface area contributed by atoms with Gasteiger partial charge in [-0.05, 0) is 77.0 Å². The van der Waals surface area contributed by atoms with E-state index in [-0.39, 0.29) is 17.2 Å². The first kappa shape index (κ1) is 72.6. The van der Waals surface area contributed by atoms with Crippen LogP contribution in [0.15, 0.2) is 242 Å². The molecule has 0 saturated carbocycles. The topological polar surface area (TPSA) is 228 Å². The monoisotopic (exact) mass is 1180 g/mol. The maximum Gasteiger partial charge on any atom is 0.417 e. The van der Waals surface area contributed by atoms with Crippen LogP contribution < -0.4 is 21.4 Å². The number of carbonyl (C=O) groups excluding carboxylic acids is 2. The molecule has 0 radical (unpaired) electrons. The van der Waals surface area contributed by atoms with E-state index in [1.54, 1.807) is 79.1 Å². The van der Waals surface area contributed by atoms with Gasteiger partial charge in [-0.3, -0.25) is 19.7 Å². The molecule has 6 heterocycles. The number of oxazole rings is 1. The molecule has 0 fully saturated rings. The van der Waals surface area contributed by atoms with Gasteiger partial charge < -0.3 is 23.9 Å². The Morgan fingerprint density at radius 3 is 1.38 bits per heavy atom. The molecule has 87 heavy (non-hydrogen) atoms. The van der Waals surface area contributed by atoms with E-state index < -0.39 is 5.76 Å². The largest absolute Gasteiger partial charge is 0.471 e. The van der Waals surface area contributed by atoms with E-state index in [0.717, 1.165) is 55.3 Å². The van der Waals surface area contributed by atoms with Crippen LogP contribution in [-0.2, 0) is 0 Å². The fraction of sp³-hybridized carbons (Fsp3) is 0.211. The molecule has 16 heteroatoms. The van der Waals surface area contributed by atoms with E-state index in [4.69, 9.17) is 13.6 Å². The summed E-state index contributed by atoms with van der Waals surface area (Å²) < 4.78 is 19.3. The van der Waals surface area contributed by atoms with E-state index in [2.05, 4.69) is 45.4 Å². The van der Waals surface area contributed by atoms with Crippen molar-refractivity contribution >= 4 is 72.3 Å². The Balaban J connectivity index is 0.000000337. The van der Waals surface area contributed by atoms with Crippen molar-refractivity contribution < 1.29 is 27.8 Å². The minimum Gasteiger partial charge on any atom is -0.471 e. The smallest absolute Gasteiger partial charge is 0.417 e. The first-order chi connectivity index (χ1) is 42.9. The van der Waals surface area contributed by atoms with Gasteiger partial charge in [-0.15, -0.1) is 0 Å². The lowest BCUT2D eigenvalue weighted by Crippen LogP contribution is -2.20. The van der Waals surface area contributed by atoms with E-state index in [1.165, 1.54) is 6.07 Å². The molecule has 5 aromatic heterocycles. The van der Waals surface area contributed by atoms with Gasteiger partial charge in [0.25, 0.3) is 0 Å². The standard InChI is InChI=1S/C14H8O2.C9H6O2.2C7H6N2.C7H5NO2.C7H7NO.C6H4N2O.7C2H6/c15-13-9-5-1-2-6-10(9)14(16)12-8-4-3-7-11(12)13;10-9-6-5-7-3-1-2-4-8(7)11-9;1-2-4-7-6(3-1)8-5-9-7;1-2-4-7-6(3-1)5-8-9-7;9-7-8-5-3-1-2-4-6(5)10-7;1-2-4-7-6(3-1)8-5-9-7;1-2-4-6-5(3-1)7-9-8-6;7*1-2/h1-8H;1-6H;2*1-5H,(H,8,9);1-4H,(H,8,9);1-4,8H,5H2;1-4H;7*1-2H3. The van der Waals surface area contributed by atoms with E-state index in [1.807, 2.05) is 231 Å². The van der Waals surface area contributed by atoms with Crippen LogP contribution in [0.2, 0.25) is 0 Å². The van der Waals surface area contributed by atoms with Crippen LogP contribution in [0.1, 0.15) is 129 Å². The van der Waals surface area contributed by atoms with Gasteiger partial charge in [0.2, 0.25) is 0 Å². The summed E-state index contributed by atoms with van der Waals surface area (Å²) in [5.74, 6) is 0.426. The lowest BCUT2D eigenvalue weighted by Gasteiger charge is -2.16. The molecule has 0 atom stereocenters. The number of carbonyl (C=O) groups is 2. The van der Waals surface area contributed by atoms with Crippen LogP contribution in [0.25, 0.3) is 55.0 Å². The number of H-pyrrole nitrogens is 3. The normalized spacial score (nSPS) is 10.0. The molecular formula is C71H84N8O8. The maximum absolute atomic E-state index is 12.1. The van der Waals surface area contributed by atoms with Crippen LogP contribution in [-0.4, -0.2) is 53.8 Å². The lowest BCUT2D eigenvalue weighted by molar-refractivity contribution is 0.0979. The SMILES string of the molecule is CC.CC.CC.CC.CC.CC.CC.O=C1c2ccccc2C(=O)c2ccccc21.O=c1[nH]c2ccccc2o1.O=c1ccc2ccccc2o1.c1ccc2[nH]cnc2c1.c1ccc2[nH]ncc2c1.c1ccc2c(c1)NCO2.c1ccc2nonc2c1. The fourth-order valence-electron chi connectivity index (χ4n) is 7.37. The number of hydrogen-bond acceptors (Lipinski definition) is 13. The first-order valence-electron chi connectivity index (χ1n) is 29.6. The summed E-state index contributed by atoms with van der Waals surface area (Å²) in [5, 5.41) is 19.2. The van der Waals surface area contributed by atoms with Crippen LogP contribution in [0.5, 0.6) is 5.75 Å². The summed E-state index contributed by atoms with van der Waals surface area (Å²) in [6.45, 7) is 28.6. The van der Waals surface area contributed by atoms with E-state index >= 15 is 0 Å². The molecule has 0 saturated heterocycles. The summed E-state index contributed by atoms with van der Waals surface area (Å²) >= 11 is 0. The molecule has 0 unspecified atom stereocenters. The van der Waals surface area contributed by atoms with Crippen molar-refractivity contribution in [2.75, 3.05) is 12.0 Å². The van der Waals surface area contributed by atoms with Crippen molar-refractivity contribution in [3.8, 4) is 5.75 Å². The molecular weight excluding hydrogens is 1090 g/mol. The molecule has 0 amide bonds. The fourth-order valence-corrected chi connectivity index (χ4v) is 7.37. The third kappa shape index (κ3) is 22.6. The van der Waals surface area contributed by atoms with Gasteiger partial charge in [0.1, 0.15) is 22.4 Å². The number of aromatic nitrogens is 7. The molecule has 4 N–H and O–H groups in total. The number of para-hydroxylation sites is 8. The first-order valence-corrected chi connectivity index (χ1v) is 29.6. The zero-order valence-electron chi connectivity index (χ0n) is 52.5. The van der Waals surface area contributed by atoms with Crippen molar-refractivity contribution in [2.45, 2.75) is 96.9 Å². The number of aromatic amines is 3. The Morgan fingerprint density at radius 2 is 0.851 bits per heavy atom. The van der Waals surface area contributed by atoms with Crippen molar-refractivity contribution in [3.63, 3.8) is 0 Å². The Kier molecular flexibility index (Phi) is 36.1. The lowest BCUT2D eigenvalue weighted by atomic mass is 9.84. The van der Waals surface area contributed by atoms with Gasteiger partial charge in [-0.2, -0.15) is 5.10 Å².